The van der Waals surface area contributed by atoms with Gasteiger partial charge in [0.25, 0.3) is 0 Å². The van der Waals surface area contributed by atoms with Crippen molar-refractivity contribution in [1.29, 1.82) is 0 Å². The van der Waals surface area contributed by atoms with E-state index in [4.69, 9.17) is 10.6 Å². The first-order chi connectivity index (χ1) is 8.66. The van der Waals surface area contributed by atoms with Crippen LogP contribution in [-0.2, 0) is 14.8 Å². The number of nitrogen functional groups attached to an aromatic ring is 1. The molecule has 3 N–H and O–H groups in total. The Hall–Kier alpha value is -1.15. The molecule has 0 saturated carbocycles. The van der Waals surface area contributed by atoms with Crippen molar-refractivity contribution in [2.24, 2.45) is 5.84 Å². The molecule has 0 aromatic heterocycles. The van der Waals surface area contributed by atoms with E-state index >= 15 is 0 Å². The quantitative estimate of drug-likeness (QED) is 0.613. The number of hydrogen-bond acceptors (Lipinski definition) is 5. The molecule has 1 aromatic rings. The second-order valence-electron chi connectivity index (χ2n) is 4.01. The summed E-state index contributed by atoms with van der Waals surface area (Å²) in [4.78, 5) is 0.203. The number of hydrazine groups is 1. The van der Waals surface area contributed by atoms with Gasteiger partial charge in [0.1, 0.15) is 4.90 Å². The number of nitrogens with zero attached hydrogens (tertiary/aromatic N) is 1. The van der Waals surface area contributed by atoms with E-state index in [9.17, 15) is 8.42 Å². The third-order valence-electron chi connectivity index (χ3n) is 2.84. The van der Waals surface area contributed by atoms with Gasteiger partial charge in [-0.2, -0.15) is 4.31 Å². The fourth-order valence-electron chi connectivity index (χ4n) is 1.91. The van der Waals surface area contributed by atoms with E-state index in [1.165, 1.54) is 4.31 Å². The summed E-state index contributed by atoms with van der Waals surface area (Å²) in [5, 5.41) is 0. The monoisotopic (exact) mass is 271 g/mol. The van der Waals surface area contributed by atoms with Gasteiger partial charge in [0.05, 0.1) is 12.3 Å². The first-order valence-electron chi connectivity index (χ1n) is 5.80. The normalized spacial score (nSPS) is 18.3. The van der Waals surface area contributed by atoms with Crippen LogP contribution in [-0.4, -0.2) is 39.0 Å². The third-order valence-corrected chi connectivity index (χ3v) is 4.80. The van der Waals surface area contributed by atoms with Crippen molar-refractivity contribution in [3.63, 3.8) is 0 Å². The molecule has 0 radical (unpaired) electrons. The summed E-state index contributed by atoms with van der Waals surface area (Å²) in [6, 6.07) is 6.61. The van der Waals surface area contributed by atoms with Gasteiger partial charge in [-0.1, -0.05) is 12.1 Å². The lowest BCUT2D eigenvalue weighted by atomic mass is 10.3. The molecule has 6 nitrogen and oxygen atoms in total. The van der Waals surface area contributed by atoms with Gasteiger partial charge >= 0.3 is 0 Å². The minimum absolute atomic E-state index is 0.203. The van der Waals surface area contributed by atoms with Gasteiger partial charge in [-0.3, -0.25) is 5.84 Å². The van der Waals surface area contributed by atoms with E-state index in [2.05, 4.69) is 5.43 Å². The highest BCUT2D eigenvalue weighted by molar-refractivity contribution is 7.89. The molecule has 0 spiro atoms. The average Bonchev–Trinajstić information content (AvgIpc) is 2.68. The number of sulfonamides is 1. The Morgan fingerprint density at radius 2 is 2.00 bits per heavy atom. The Morgan fingerprint density at radius 1 is 1.22 bits per heavy atom. The molecule has 18 heavy (non-hydrogen) atoms. The van der Waals surface area contributed by atoms with Crippen LogP contribution >= 0.6 is 0 Å². The molecule has 1 saturated heterocycles. The second-order valence-corrected chi connectivity index (χ2v) is 5.92. The number of anilines is 1. The maximum absolute atomic E-state index is 12.5. The van der Waals surface area contributed by atoms with Crippen LogP contribution in [0.1, 0.15) is 6.42 Å². The molecular weight excluding hydrogens is 254 g/mol. The highest BCUT2D eigenvalue weighted by atomic mass is 32.2. The van der Waals surface area contributed by atoms with Crippen LogP contribution in [0.25, 0.3) is 0 Å². The van der Waals surface area contributed by atoms with Crippen LogP contribution < -0.4 is 11.3 Å². The molecule has 0 unspecified atom stereocenters. The maximum atomic E-state index is 12.5. The van der Waals surface area contributed by atoms with Crippen molar-refractivity contribution < 1.29 is 13.2 Å². The van der Waals surface area contributed by atoms with Crippen molar-refractivity contribution >= 4 is 15.7 Å². The van der Waals surface area contributed by atoms with Crippen molar-refractivity contribution in [3.05, 3.63) is 24.3 Å². The molecule has 0 bridgehead atoms. The number of nitrogens with one attached hydrogen (secondary N) is 1. The van der Waals surface area contributed by atoms with Crippen molar-refractivity contribution in [2.75, 3.05) is 31.7 Å². The summed E-state index contributed by atoms with van der Waals surface area (Å²) in [5.41, 5.74) is 2.82. The van der Waals surface area contributed by atoms with Crippen molar-refractivity contribution in [2.45, 2.75) is 11.3 Å². The Morgan fingerprint density at radius 3 is 2.78 bits per heavy atom. The molecular formula is C11H17N3O3S. The summed E-state index contributed by atoms with van der Waals surface area (Å²) >= 11 is 0. The lowest BCUT2D eigenvalue weighted by Gasteiger charge is -2.20. The van der Waals surface area contributed by atoms with Gasteiger partial charge in [-0.05, 0) is 18.6 Å². The summed E-state index contributed by atoms with van der Waals surface area (Å²) in [7, 11) is -3.52. The molecule has 0 amide bonds. The molecule has 1 heterocycles. The summed E-state index contributed by atoms with van der Waals surface area (Å²) in [5.74, 6) is 5.35. The van der Waals surface area contributed by atoms with Crippen molar-refractivity contribution in [1.82, 2.24) is 4.31 Å². The number of para-hydroxylation sites is 1. The number of ether oxygens (including phenoxy) is 1. The first kappa shape index (κ1) is 13.3. The third kappa shape index (κ3) is 2.64. The largest absolute Gasteiger partial charge is 0.380 e. The predicted molar refractivity (Wildman–Crippen MR) is 68.4 cm³/mol. The zero-order valence-electron chi connectivity index (χ0n) is 10.0. The maximum Gasteiger partial charge on any atom is 0.245 e. The molecule has 1 aliphatic heterocycles. The van der Waals surface area contributed by atoms with E-state index in [0.29, 0.717) is 38.4 Å². The van der Waals surface area contributed by atoms with Crippen LogP contribution in [0.4, 0.5) is 5.69 Å². The van der Waals surface area contributed by atoms with Gasteiger partial charge in [-0.15, -0.1) is 0 Å². The summed E-state index contributed by atoms with van der Waals surface area (Å²) in [6.45, 7) is 1.88. The van der Waals surface area contributed by atoms with Crippen LogP contribution in [0, 0.1) is 0 Å². The Balaban J connectivity index is 2.34. The number of rotatable bonds is 3. The summed E-state index contributed by atoms with van der Waals surface area (Å²) in [6.07, 6.45) is 0.706. The first-order valence-corrected chi connectivity index (χ1v) is 7.24. The number of benzene rings is 1. The lowest BCUT2D eigenvalue weighted by Crippen LogP contribution is -2.33. The highest BCUT2D eigenvalue weighted by Crippen LogP contribution is 2.24. The van der Waals surface area contributed by atoms with E-state index in [1.807, 2.05) is 0 Å². The Bertz CT molecular complexity index is 496. The molecule has 0 atom stereocenters. The van der Waals surface area contributed by atoms with Crippen LogP contribution in [0.5, 0.6) is 0 Å². The molecule has 7 heteroatoms. The number of hydrogen-bond donors (Lipinski definition) is 2. The van der Waals surface area contributed by atoms with Crippen LogP contribution in [0.2, 0.25) is 0 Å². The Labute approximate surface area is 107 Å². The van der Waals surface area contributed by atoms with E-state index in [0.717, 1.165) is 0 Å². The minimum atomic E-state index is -3.52. The lowest BCUT2D eigenvalue weighted by molar-refractivity contribution is 0.148. The molecule has 1 fully saturated rings. The van der Waals surface area contributed by atoms with Crippen LogP contribution in [0.3, 0.4) is 0 Å². The number of nitrogens with two attached hydrogens (primary N) is 1. The fraction of sp³-hybridized carbons (Fsp3) is 0.455. The van der Waals surface area contributed by atoms with Gasteiger partial charge in [-0.25, -0.2) is 8.42 Å². The van der Waals surface area contributed by atoms with E-state index in [-0.39, 0.29) is 4.90 Å². The smallest absolute Gasteiger partial charge is 0.245 e. The SMILES string of the molecule is NNc1ccccc1S(=O)(=O)N1CCCOCC1. The van der Waals surface area contributed by atoms with Gasteiger partial charge in [0.15, 0.2) is 0 Å². The molecule has 2 rings (SSSR count). The van der Waals surface area contributed by atoms with Gasteiger partial charge in [0.2, 0.25) is 10.0 Å². The topological polar surface area (TPSA) is 84.7 Å². The van der Waals surface area contributed by atoms with E-state index in [1.54, 1.807) is 24.3 Å². The van der Waals surface area contributed by atoms with Crippen molar-refractivity contribution in [3.8, 4) is 0 Å². The molecule has 100 valence electrons. The molecule has 1 aliphatic rings. The van der Waals surface area contributed by atoms with Crippen LogP contribution in [0.15, 0.2) is 29.2 Å². The second kappa shape index (κ2) is 5.66. The molecule has 1 aromatic carbocycles. The fourth-order valence-corrected chi connectivity index (χ4v) is 3.53. The molecule has 0 aliphatic carbocycles. The minimum Gasteiger partial charge on any atom is -0.380 e. The Kier molecular flexibility index (Phi) is 4.18. The summed E-state index contributed by atoms with van der Waals surface area (Å²) < 4.78 is 31.7. The zero-order valence-corrected chi connectivity index (χ0v) is 10.8. The van der Waals surface area contributed by atoms with E-state index < -0.39 is 10.0 Å². The standard InChI is InChI=1S/C11H17N3O3S/c12-13-10-4-1-2-5-11(10)18(15,16)14-6-3-8-17-9-7-14/h1-2,4-5,13H,3,6-9,12H2. The average molecular weight is 271 g/mol. The predicted octanol–water partition coefficient (Wildman–Crippen LogP) is 0.383. The highest BCUT2D eigenvalue weighted by Gasteiger charge is 2.27. The van der Waals surface area contributed by atoms with Gasteiger partial charge in [0, 0.05) is 19.7 Å². The van der Waals surface area contributed by atoms with Gasteiger partial charge < -0.3 is 10.2 Å². The zero-order chi connectivity index (χ0) is 13.0.